The fraction of sp³-hybridized carbons (Fsp3) is 0.538. The molecule has 1 unspecified atom stereocenters. The lowest BCUT2D eigenvalue weighted by atomic mass is 9.99. The molecule has 2 heterocycles. The molecule has 1 saturated heterocycles. The van der Waals surface area contributed by atoms with Gasteiger partial charge in [-0.3, -0.25) is 4.79 Å². The number of nitrogens with two attached hydrogens (primary N) is 1. The predicted molar refractivity (Wildman–Crippen MR) is 69.4 cm³/mol. The van der Waals surface area contributed by atoms with Crippen LogP contribution in [-0.2, 0) is 4.74 Å². The Balaban J connectivity index is 1.78. The number of carbonyl (C=O) groups excluding carboxylic acids is 1. The van der Waals surface area contributed by atoms with Gasteiger partial charge in [-0.25, -0.2) is 4.98 Å². The lowest BCUT2D eigenvalue weighted by Crippen LogP contribution is -2.20. The maximum atomic E-state index is 11.0. The predicted octanol–water partition coefficient (Wildman–Crippen LogP) is 1.41. The van der Waals surface area contributed by atoms with Crippen LogP contribution in [0.25, 0.3) is 0 Å². The van der Waals surface area contributed by atoms with Gasteiger partial charge in [-0.2, -0.15) is 0 Å². The van der Waals surface area contributed by atoms with Crippen molar-refractivity contribution < 1.29 is 9.53 Å². The van der Waals surface area contributed by atoms with E-state index in [1.54, 1.807) is 18.3 Å². The number of primary amides is 1. The minimum Gasteiger partial charge on any atom is -0.381 e. The molecular weight excluding hydrogens is 230 g/mol. The van der Waals surface area contributed by atoms with Gasteiger partial charge in [0.25, 0.3) is 0 Å². The highest BCUT2D eigenvalue weighted by atomic mass is 16.5. The first-order valence-electron chi connectivity index (χ1n) is 6.33. The van der Waals surface area contributed by atoms with Gasteiger partial charge in [-0.05, 0) is 37.3 Å². The van der Waals surface area contributed by atoms with Crippen molar-refractivity contribution in [3.8, 4) is 0 Å². The first-order valence-corrected chi connectivity index (χ1v) is 6.33. The van der Waals surface area contributed by atoms with Crippen molar-refractivity contribution in [3.63, 3.8) is 0 Å². The van der Waals surface area contributed by atoms with Crippen LogP contribution < -0.4 is 11.1 Å². The molecule has 2 rings (SSSR count). The van der Waals surface area contributed by atoms with E-state index < -0.39 is 5.91 Å². The zero-order valence-electron chi connectivity index (χ0n) is 10.4. The van der Waals surface area contributed by atoms with Gasteiger partial charge in [-0.15, -0.1) is 0 Å². The Hall–Kier alpha value is -1.62. The van der Waals surface area contributed by atoms with Crippen LogP contribution in [0, 0.1) is 5.92 Å². The minimum absolute atomic E-state index is 0.430. The Bertz CT molecular complexity index is 403. The van der Waals surface area contributed by atoms with E-state index in [-0.39, 0.29) is 0 Å². The number of hydrogen-bond acceptors (Lipinski definition) is 4. The lowest BCUT2D eigenvalue weighted by molar-refractivity contribution is 0.0530. The van der Waals surface area contributed by atoms with Crippen LogP contribution in [0.1, 0.15) is 29.6 Å². The summed E-state index contributed by atoms with van der Waals surface area (Å²) in [5, 5.41) is 3.21. The molecule has 0 radical (unpaired) electrons. The van der Waals surface area contributed by atoms with E-state index in [4.69, 9.17) is 10.5 Å². The number of pyridine rings is 1. The highest BCUT2D eigenvalue weighted by molar-refractivity contribution is 5.93. The fourth-order valence-corrected chi connectivity index (χ4v) is 2.12. The molecule has 5 nitrogen and oxygen atoms in total. The Morgan fingerprint density at radius 3 is 3.22 bits per heavy atom. The largest absolute Gasteiger partial charge is 0.381 e. The third kappa shape index (κ3) is 3.70. The molecular formula is C13H19N3O2. The van der Waals surface area contributed by atoms with Gasteiger partial charge in [0.05, 0.1) is 0 Å². The number of ether oxygens (including phenoxy) is 1. The smallest absolute Gasteiger partial charge is 0.248 e. The number of carbonyl (C=O) groups is 1. The average Bonchev–Trinajstić information content (AvgIpc) is 2.40. The first kappa shape index (κ1) is 12.8. The Kier molecular flexibility index (Phi) is 4.52. The molecule has 1 fully saturated rings. The highest BCUT2D eigenvalue weighted by Crippen LogP contribution is 2.17. The molecule has 1 amide bonds. The number of anilines is 1. The number of hydrogen-bond donors (Lipinski definition) is 2. The van der Waals surface area contributed by atoms with Crippen LogP contribution in [0.15, 0.2) is 18.3 Å². The molecule has 0 aliphatic carbocycles. The van der Waals surface area contributed by atoms with Crippen LogP contribution in [0.2, 0.25) is 0 Å². The van der Waals surface area contributed by atoms with Crippen LogP contribution in [0.3, 0.4) is 0 Å². The van der Waals surface area contributed by atoms with Crippen molar-refractivity contribution in [3.05, 3.63) is 23.9 Å². The third-order valence-electron chi connectivity index (χ3n) is 3.16. The van der Waals surface area contributed by atoms with Gasteiger partial charge in [0.15, 0.2) is 0 Å². The maximum absolute atomic E-state index is 11.0. The second-order valence-corrected chi connectivity index (χ2v) is 4.59. The van der Waals surface area contributed by atoms with Crippen molar-refractivity contribution in [2.24, 2.45) is 11.7 Å². The Labute approximate surface area is 107 Å². The summed E-state index contributed by atoms with van der Waals surface area (Å²) in [6.07, 6.45) is 5.03. The SMILES string of the molecule is NC(=O)c1ccnc(NCCC2CCCOC2)c1. The molecule has 0 bridgehead atoms. The first-order chi connectivity index (χ1) is 8.75. The topological polar surface area (TPSA) is 77.2 Å². The van der Waals surface area contributed by atoms with Crippen LogP contribution in [-0.4, -0.2) is 30.6 Å². The van der Waals surface area contributed by atoms with Gasteiger partial charge in [0.1, 0.15) is 5.82 Å². The van der Waals surface area contributed by atoms with Gasteiger partial charge < -0.3 is 15.8 Å². The zero-order valence-corrected chi connectivity index (χ0v) is 10.4. The molecule has 1 aliphatic rings. The van der Waals surface area contributed by atoms with E-state index in [0.29, 0.717) is 17.3 Å². The van der Waals surface area contributed by atoms with Crippen LogP contribution >= 0.6 is 0 Å². The summed E-state index contributed by atoms with van der Waals surface area (Å²) in [7, 11) is 0. The van der Waals surface area contributed by atoms with E-state index in [9.17, 15) is 4.79 Å². The van der Waals surface area contributed by atoms with Crippen molar-refractivity contribution >= 4 is 11.7 Å². The lowest BCUT2D eigenvalue weighted by Gasteiger charge is -2.22. The highest BCUT2D eigenvalue weighted by Gasteiger charge is 2.13. The Morgan fingerprint density at radius 2 is 2.50 bits per heavy atom. The molecule has 1 aliphatic heterocycles. The molecule has 1 aromatic rings. The third-order valence-corrected chi connectivity index (χ3v) is 3.16. The molecule has 0 spiro atoms. The van der Waals surface area contributed by atoms with Crippen molar-refractivity contribution in [1.29, 1.82) is 0 Å². The molecule has 98 valence electrons. The molecule has 0 saturated carbocycles. The molecule has 0 aromatic carbocycles. The minimum atomic E-state index is -0.430. The van der Waals surface area contributed by atoms with Gasteiger partial charge >= 0.3 is 0 Å². The van der Waals surface area contributed by atoms with E-state index in [2.05, 4.69) is 10.3 Å². The van der Waals surface area contributed by atoms with Crippen LogP contribution in [0.5, 0.6) is 0 Å². The number of nitrogens with one attached hydrogen (secondary N) is 1. The summed E-state index contributed by atoms with van der Waals surface area (Å²) in [6.45, 7) is 2.59. The monoisotopic (exact) mass is 249 g/mol. The summed E-state index contributed by atoms with van der Waals surface area (Å²) in [6, 6.07) is 3.29. The normalized spacial score (nSPS) is 19.4. The van der Waals surface area contributed by atoms with Crippen molar-refractivity contribution in [1.82, 2.24) is 4.98 Å². The summed E-state index contributed by atoms with van der Waals surface area (Å²) in [4.78, 5) is 15.2. The quantitative estimate of drug-likeness (QED) is 0.827. The average molecular weight is 249 g/mol. The number of nitrogens with zero attached hydrogens (tertiary/aromatic N) is 1. The Morgan fingerprint density at radius 1 is 1.61 bits per heavy atom. The summed E-state index contributed by atoms with van der Waals surface area (Å²) >= 11 is 0. The standard InChI is InChI=1S/C13H19N3O2/c14-13(17)11-4-6-16-12(8-11)15-5-3-10-2-1-7-18-9-10/h4,6,8,10H,1-3,5,7,9H2,(H2,14,17)(H,15,16). The van der Waals surface area contributed by atoms with Crippen molar-refractivity contribution in [2.45, 2.75) is 19.3 Å². The zero-order chi connectivity index (χ0) is 12.8. The van der Waals surface area contributed by atoms with Gasteiger partial charge in [-0.1, -0.05) is 0 Å². The molecule has 18 heavy (non-hydrogen) atoms. The molecule has 1 aromatic heterocycles. The number of rotatable bonds is 5. The number of aromatic nitrogens is 1. The van der Waals surface area contributed by atoms with Gasteiger partial charge in [0.2, 0.25) is 5.91 Å². The fourth-order valence-electron chi connectivity index (χ4n) is 2.12. The van der Waals surface area contributed by atoms with E-state index >= 15 is 0 Å². The number of amides is 1. The molecule has 5 heteroatoms. The molecule has 3 N–H and O–H groups in total. The van der Waals surface area contributed by atoms with Gasteiger partial charge in [0, 0.05) is 31.5 Å². The summed E-state index contributed by atoms with van der Waals surface area (Å²) < 4.78 is 5.43. The maximum Gasteiger partial charge on any atom is 0.248 e. The van der Waals surface area contributed by atoms with E-state index in [0.717, 1.165) is 32.6 Å². The van der Waals surface area contributed by atoms with Crippen LogP contribution in [0.4, 0.5) is 5.82 Å². The molecule has 1 atom stereocenters. The second kappa shape index (κ2) is 6.35. The van der Waals surface area contributed by atoms with E-state index in [1.807, 2.05) is 0 Å². The van der Waals surface area contributed by atoms with Crippen molar-refractivity contribution in [2.75, 3.05) is 25.1 Å². The summed E-state index contributed by atoms with van der Waals surface area (Å²) in [5.41, 5.74) is 5.70. The second-order valence-electron chi connectivity index (χ2n) is 4.59. The van der Waals surface area contributed by atoms with E-state index in [1.165, 1.54) is 6.42 Å². The summed E-state index contributed by atoms with van der Waals surface area (Å²) in [5.74, 6) is 0.898.